The van der Waals surface area contributed by atoms with E-state index in [1.54, 1.807) is 0 Å². The fourth-order valence-electron chi connectivity index (χ4n) is 1.87. The zero-order valence-corrected chi connectivity index (χ0v) is 8.28. The highest BCUT2D eigenvalue weighted by atomic mass is 32.2. The fourth-order valence-corrected chi connectivity index (χ4v) is 2.98. The van der Waals surface area contributed by atoms with Crippen molar-refractivity contribution in [2.75, 3.05) is 6.54 Å². The second-order valence-corrected chi connectivity index (χ2v) is 4.57. The van der Waals surface area contributed by atoms with Gasteiger partial charge in [0.15, 0.2) is 0 Å². The van der Waals surface area contributed by atoms with Gasteiger partial charge in [0, 0.05) is 6.54 Å². The van der Waals surface area contributed by atoms with Gasteiger partial charge in [-0.2, -0.15) is 0 Å². The molecule has 0 spiro atoms. The molecular weight excluding hydrogens is 170 g/mol. The van der Waals surface area contributed by atoms with E-state index in [0.29, 0.717) is 5.12 Å². The molecule has 2 heterocycles. The maximum Gasteiger partial charge on any atom is 0.217 e. The van der Waals surface area contributed by atoms with Crippen LogP contribution in [0.25, 0.3) is 0 Å². The molecular formula is C9H13NOS. The molecule has 0 aromatic heterocycles. The first-order valence-electron chi connectivity index (χ1n) is 4.36. The Kier molecular flexibility index (Phi) is 1.91. The smallest absolute Gasteiger partial charge is 0.217 e. The van der Waals surface area contributed by atoms with Crippen LogP contribution in [0, 0.1) is 0 Å². The fraction of sp³-hybridized carbons (Fsp3) is 0.667. The number of allylic oxidation sites excluding steroid dienone is 1. The summed E-state index contributed by atoms with van der Waals surface area (Å²) in [7, 11) is 0. The minimum absolute atomic E-state index is 0.208. The summed E-state index contributed by atoms with van der Waals surface area (Å²) in [5.74, 6) is 0. The molecule has 1 atom stereocenters. The third-order valence-electron chi connectivity index (χ3n) is 2.41. The molecule has 2 nitrogen and oxygen atoms in total. The summed E-state index contributed by atoms with van der Waals surface area (Å²) in [6, 6.07) is 0.208. The van der Waals surface area contributed by atoms with E-state index >= 15 is 0 Å². The van der Waals surface area contributed by atoms with Crippen LogP contribution in [0.4, 0.5) is 0 Å². The summed E-state index contributed by atoms with van der Waals surface area (Å²) in [5.41, 5.74) is 1.28. The number of fused-ring (bicyclic) bond motifs is 1. The van der Waals surface area contributed by atoms with Gasteiger partial charge >= 0.3 is 0 Å². The van der Waals surface area contributed by atoms with Crippen molar-refractivity contribution in [2.45, 2.75) is 32.7 Å². The summed E-state index contributed by atoms with van der Waals surface area (Å²) >= 11 is 1.43. The van der Waals surface area contributed by atoms with Gasteiger partial charge in [-0.1, -0.05) is 0 Å². The van der Waals surface area contributed by atoms with Gasteiger partial charge in [-0.05, 0) is 44.0 Å². The molecule has 66 valence electrons. The van der Waals surface area contributed by atoms with Crippen LogP contribution >= 0.6 is 11.8 Å². The zero-order valence-electron chi connectivity index (χ0n) is 7.46. The third-order valence-corrected chi connectivity index (χ3v) is 3.72. The Hall–Kier alpha value is -0.440. The van der Waals surface area contributed by atoms with Crippen LogP contribution in [-0.2, 0) is 4.79 Å². The lowest BCUT2D eigenvalue weighted by Crippen LogP contribution is -2.25. The maximum atomic E-state index is 11.5. The van der Waals surface area contributed by atoms with Crippen LogP contribution in [-0.4, -0.2) is 22.6 Å². The third kappa shape index (κ3) is 1.07. The molecule has 12 heavy (non-hydrogen) atoms. The van der Waals surface area contributed by atoms with Crippen molar-refractivity contribution >= 4 is 16.9 Å². The molecule has 0 radical (unpaired) electrons. The lowest BCUT2D eigenvalue weighted by molar-refractivity contribution is -0.113. The highest BCUT2D eigenvalue weighted by Gasteiger charge is 2.39. The Balaban J connectivity index is 2.32. The van der Waals surface area contributed by atoms with E-state index in [0.717, 1.165) is 13.0 Å². The average Bonchev–Trinajstić information content (AvgIpc) is 2.53. The molecule has 2 fully saturated rings. The van der Waals surface area contributed by atoms with E-state index in [1.165, 1.54) is 28.8 Å². The molecule has 3 heteroatoms. The molecule has 0 aromatic carbocycles. The standard InChI is InChI=1S/C9H13NOS/c1-6(2)8-10-5-3-4-7(10)9(11)12-8/h7H,3-5H2,1-2H3. The first kappa shape index (κ1) is 8.17. The second-order valence-electron chi connectivity index (χ2n) is 3.58. The highest BCUT2D eigenvalue weighted by molar-refractivity contribution is 8.17. The van der Waals surface area contributed by atoms with Crippen LogP contribution < -0.4 is 0 Å². The molecule has 2 aliphatic heterocycles. The van der Waals surface area contributed by atoms with Gasteiger partial charge in [0.2, 0.25) is 5.12 Å². The van der Waals surface area contributed by atoms with Gasteiger partial charge < -0.3 is 4.90 Å². The SMILES string of the molecule is CC(C)=C1SC(=O)C2CCCN12. The molecule has 0 aliphatic carbocycles. The number of carbonyl (C=O) groups is 1. The van der Waals surface area contributed by atoms with Crippen molar-refractivity contribution in [3.8, 4) is 0 Å². The molecule has 0 aromatic rings. The van der Waals surface area contributed by atoms with E-state index in [-0.39, 0.29) is 6.04 Å². The number of hydrogen-bond acceptors (Lipinski definition) is 3. The topological polar surface area (TPSA) is 20.3 Å². The lowest BCUT2D eigenvalue weighted by Gasteiger charge is -2.17. The molecule has 2 rings (SSSR count). The van der Waals surface area contributed by atoms with Gasteiger partial charge in [-0.15, -0.1) is 0 Å². The molecule has 0 saturated carbocycles. The average molecular weight is 183 g/mol. The van der Waals surface area contributed by atoms with E-state index in [9.17, 15) is 4.79 Å². The van der Waals surface area contributed by atoms with Crippen LogP contribution in [0.1, 0.15) is 26.7 Å². The Morgan fingerprint density at radius 3 is 3.00 bits per heavy atom. The maximum absolute atomic E-state index is 11.5. The predicted molar refractivity (Wildman–Crippen MR) is 50.7 cm³/mol. The monoisotopic (exact) mass is 183 g/mol. The number of thioether (sulfide) groups is 1. The van der Waals surface area contributed by atoms with Crippen molar-refractivity contribution in [3.63, 3.8) is 0 Å². The summed E-state index contributed by atoms with van der Waals surface area (Å²) in [6.07, 6.45) is 2.23. The summed E-state index contributed by atoms with van der Waals surface area (Å²) in [4.78, 5) is 13.7. The zero-order chi connectivity index (χ0) is 8.72. The van der Waals surface area contributed by atoms with E-state index in [1.807, 2.05) is 0 Å². The quantitative estimate of drug-likeness (QED) is 0.572. The van der Waals surface area contributed by atoms with Crippen LogP contribution in [0.15, 0.2) is 10.6 Å². The minimum Gasteiger partial charge on any atom is -0.355 e. The minimum atomic E-state index is 0.208. The first-order valence-corrected chi connectivity index (χ1v) is 5.17. The Bertz CT molecular complexity index is 255. The molecule has 0 N–H and O–H groups in total. The molecule has 0 bridgehead atoms. The van der Waals surface area contributed by atoms with Gasteiger partial charge in [-0.25, -0.2) is 0 Å². The van der Waals surface area contributed by atoms with Crippen LogP contribution in [0.3, 0.4) is 0 Å². The molecule has 2 saturated heterocycles. The van der Waals surface area contributed by atoms with Crippen molar-refractivity contribution < 1.29 is 4.79 Å². The normalized spacial score (nSPS) is 28.2. The Labute approximate surface area is 77.0 Å². The summed E-state index contributed by atoms with van der Waals surface area (Å²) in [5, 5.41) is 1.56. The van der Waals surface area contributed by atoms with Gasteiger partial charge in [0.25, 0.3) is 0 Å². The van der Waals surface area contributed by atoms with Crippen molar-refractivity contribution in [1.82, 2.24) is 4.90 Å². The summed E-state index contributed by atoms with van der Waals surface area (Å²) in [6.45, 7) is 5.23. The second kappa shape index (κ2) is 2.80. The number of hydrogen-bond donors (Lipinski definition) is 0. The van der Waals surface area contributed by atoms with Gasteiger partial charge in [-0.3, -0.25) is 4.79 Å². The van der Waals surface area contributed by atoms with Crippen molar-refractivity contribution in [1.29, 1.82) is 0 Å². The van der Waals surface area contributed by atoms with Crippen LogP contribution in [0.5, 0.6) is 0 Å². The molecule has 1 unspecified atom stereocenters. The van der Waals surface area contributed by atoms with Crippen molar-refractivity contribution in [3.05, 3.63) is 10.6 Å². The van der Waals surface area contributed by atoms with Gasteiger partial charge in [0.1, 0.15) is 0 Å². The van der Waals surface area contributed by atoms with Crippen LogP contribution in [0.2, 0.25) is 0 Å². The number of carbonyl (C=O) groups excluding carboxylic acids is 1. The Morgan fingerprint density at radius 1 is 1.58 bits per heavy atom. The summed E-state index contributed by atoms with van der Waals surface area (Å²) < 4.78 is 0. The largest absolute Gasteiger partial charge is 0.355 e. The lowest BCUT2D eigenvalue weighted by atomic mass is 10.2. The predicted octanol–water partition coefficient (Wildman–Crippen LogP) is 1.98. The van der Waals surface area contributed by atoms with E-state index < -0.39 is 0 Å². The van der Waals surface area contributed by atoms with E-state index in [2.05, 4.69) is 18.7 Å². The first-order chi connectivity index (χ1) is 5.70. The number of rotatable bonds is 0. The van der Waals surface area contributed by atoms with Gasteiger partial charge in [0.05, 0.1) is 11.1 Å². The molecule has 2 aliphatic rings. The van der Waals surface area contributed by atoms with Crippen molar-refractivity contribution in [2.24, 2.45) is 0 Å². The number of nitrogens with zero attached hydrogens (tertiary/aromatic N) is 1. The highest BCUT2D eigenvalue weighted by Crippen LogP contribution is 2.41. The molecule has 0 amide bonds. The Morgan fingerprint density at radius 2 is 2.33 bits per heavy atom. The van der Waals surface area contributed by atoms with E-state index in [4.69, 9.17) is 0 Å².